The quantitative estimate of drug-likeness (QED) is 0.401. The summed E-state index contributed by atoms with van der Waals surface area (Å²) < 4.78 is 53.0. The first kappa shape index (κ1) is 36.7. The van der Waals surface area contributed by atoms with Gasteiger partial charge in [0.05, 0.1) is 45.5 Å². The minimum atomic E-state index is -0.929. The number of fused-ring (bicyclic) bond motifs is 4. The number of nitrogens with zero attached hydrogens (tertiary/aromatic N) is 1. The van der Waals surface area contributed by atoms with Gasteiger partial charge >= 0.3 is 5.97 Å². The summed E-state index contributed by atoms with van der Waals surface area (Å²) in [4.78, 5) is 15.4. The van der Waals surface area contributed by atoms with Crippen LogP contribution in [0.4, 0.5) is 0 Å². The number of aliphatic hydroxyl groups is 1. The van der Waals surface area contributed by atoms with Crippen LogP contribution in [0.2, 0.25) is 0 Å². The van der Waals surface area contributed by atoms with Crippen LogP contribution in [0.15, 0.2) is 24.3 Å². The van der Waals surface area contributed by atoms with E-state index in [2.05, 4.69) is 0 Å². The number of hydrogen-bond acceptors (Lipinski definition) is 13. The number of likely N-dealkylation sites (N-methyl/N-ethyl adjacent to an activating group) is 1. The largest absolute Gasteiger partial charge is 0.502 e. The lowest BCUT2D eigenvalue weighted by Crippen LogP contribution is -2.66. The first-order chi connectivity index (χ1) is 21.2. The molecule has 4 aliphatic heterocycles. The minimum absolute atomic E-state index is 0. The Balaban J connectivity index is 0.00000167. The van der Waals surface area contributed by atoms with E-state index in [0.717, 1.165) is 11.1 Å². The average molecular weight is 688 g/mol. The molecule has 0 amide bonds. The van der Waals surface area contributed by atoms with Crippen LogP contribution >= 0.6 is 12.4 Å². The Bertz CT molecular complexity index is 1420. The number of phenolic OH excluding ortho intramolecular Hbond substituents is 1. The second-order valence-electron chi connectivity index (χ2n) is 12.0. The van der Waals surface area contributed by atoms with E-state index in [1.165, 1.54) is 14.2 Å². The van der Waals surface area contributed by atoms with Gasteiger partial charge in [-0.3, -0.25) is 9.69 Å². The zero-order chi connectivity index (χ0) is 30.9. The van der Waals surface area contributed by atoms with Crippen LogP contribution in [0.1, 0.15) is 35.6 Å². The summed E-state index contributed by atoms with van der Waals surface area (Å²) in [6.45, 7) is 2.20. The van der Waals surface area contributed by atoms with Crippen molar-refractivity contribution in [3.05, 3.63) is 41.0 Å². The van der Waals surface area contributed by atoms with Crippen LogP contribution in [-0.2, 0) is 28.5 Å². The summed E-state index contributed by atoms with van der Waals surface area (Å²) in [6.07, 6.45) is -4.11. The fourth-order valence-corrected chi connectivity index (χ4v) is 7.28. The molecule has 0 saturated carbocycles. The minimum Gasteiger partial charge on any atom is -0.502 e. The maximum Gasteiger partial charge on any atom is 0.310 e. The lowest BCUT2D eigenvalue weighted by Gasteiger charge is -2.50. The summed E-state index contributed by atoms with van der Waals surface area (Å²) in [6, 6.07) is 6.57. The van der Waals surface area contributed by atoms with Gasteiger partial charge in [-0.15, -0.1) is 12.4 Å². The highest BCUT2D eigenvalue weighted by molar-refractivity contribution is 5.85. The van der Waals surface area contributed by atoms with Crippen molar-refractivity contribution >= 4 is 18.4 Å². The van der Waals surface area contributed by atoms with Gasteiger partial charge in [-0.05, 0) is 62.0 Å². The highest BCUT2D eigenvalue weighted by Gasteiger charge is 2.56. The van der Waals surface area contributed by atoms with Crippen LogP contribution in [0.3, 0.4) is 0 Å². The van der Waals surface area contributed by atoms with E-state index in [9.17, 15) is 15.0 Å². The number of halogens is 1. The molecular weight excluding hydrogens is 646 g/mol. The van der Waals surface area contributed by atoms with E-state index in [0.29, 0.717) is 17.1 Å². The molecule has 7 rings (SSSR count). The molecule has 1 aliphatic carbocycles. The first-order valence-electron chi connectivity index (χ1n) is 14.7. The van der Waals surface area contributed by atoms with Gasteiger partial charge in [0.2, 0.25) is 12.5 Å². The molecule has 15 nitrogen and oxygen atoms in total. The molecule has 5 aliphatic rings. The van der Waals surface area contributed by atoms with Crippen molar-refractivity contribution in [2.24, 2.45) is 11.8 Å². The van der Waals surface area contributed by atoms with Crippen molar-refractivity contribution in [2.75, 3.05) is 48.3 Å². The van der Waals surface area contributed by atoms with Crippen LogP contribution in [-0.4, -0.2) is 117 Å². The lowest BCUT2D eigenvalue weighted by molar-refractivity contribution is -0.354. The van der Waals surface area contributed by atoms with Crippen LogP contribution in [0.5, 0.6) is 28.7 Å². The molecule has 2 aromatic rings. The fraction of sp³-hybridized carbons (Fsp3) is 0.581. The number of methoxy groups -OCH3 is 2. The number of esters is 1. The van der Waals surface area contributed by atoms with Gasteiger partial charge in [-0.1, -0.05) is 0 Å². The van der Waals surface area contributed by atoms with Gasteiger partial charge < -0.3 is 63.8 Å². The summed E-state index contributed by atoms with van der Waals surface area (Å²) in [5, 5.41) is 22.1. The number of phenols is 1. The normalized spacial score (nSPS) is 33.2. The number of carbonyl (C=O) groups is 1. The maximum atomic E-state index is 13.5. The lowest BCUT2D eigenvalue weighted by atomic mass is 9.66. The van der Waals surface area contributed by atoms with Crippen molar-refractivity contribution in [1.29, 1.82) is 0 Å². The molecule has 0 spiro atoms. The summed E-state index contributed by atoms with van der Waals surface area (Å²) in [5.74, 6) is -0.602. The molecule has 0 bridgehead atoms. The van der Waals surface area contributed by atoms with Gasteiger partial charge in [0, 0.05) is 11.8 Å². The smallest absolute Gasteiger partial charge is 0.310 e. The number of cyclic esters (lactones) is 1. The van der Waals surface area contributed by atoms with Gasteiger partial charge in [-0.25, -0.2) is 0 Å². The number of benzene rings is 2. The predicted octanol–water partition coefficient (Wildman–Crippen LogP) is 0.680. The Morgan fingerprint density at radius 2 is 1.55 bits per heavy atom. The molecule has 16 heteroatoms. The summed E-state index contributed by atoms with van der Waals surface area (Å²) >= 11 is 0. The van der Waals surface area contributed by atoms with E-state index in [-0.39, 0.29) is 66.6 Å². The molecule has 0 radical (unpaired) electrons. The Kier molecular flexibility index (Phi) is 11.1. The van der Waals surface area contributed by atoms with E-state index >= 15 is 0 Å². The number of hydrogen-bond donors (Lipinski definition) is 2. The Hall–Kier alpha value is -3.12. The third-order valence-electron chi connectivity index (χ3n) is 9.34. The average Bonchev–Trinajstić information content (AvgIpc) is 3.63. The van der Waals surface area contributed by atoms with Crippen molar-refractivity contribution < 1.29 is 68.6 Å². The van der Waals surface area contributed by atoms with Crippen molar-refractivity contribution in [3.8, 4) is 28.7 Å². The SMILES string of the molecule is COc1cc([C@@H]2c3cc4c(cc3[C@@H](O[C@@H]3O[C@@H]5CO[C@@H](C)O[C@H]5[C@H](O)[C@H]3N(C)C)[C@H]3COC(=O)[C@H]23)OCO4)cc(OC)c1O.Cl.O.O. The Labute approximate surface area is 277 Å². The monoisotopic (exact) mass is 687 g/mol. The fourth-order valence-electron chi connectivity index (χ4n) is 7.28. The number of aromatic hydroxyl groups is 1. The molecule has 47 heavy (non-hydrogen) atoms. The molecular formula is C31H42ClNO14. The number of carbonyl (C=O) groups excluding carboxylic acids is 1. The van der Waals surface area contributed by atoms with E-state index < -0.39 is 60.8 Å². The van der Waals surface area contributed by atoms with Gasteiger partial charge in [0.15, 0.2) is 35.6 Å². The molecule has 2 aromatic carbocycles. The third kappa shape index (κ3) is 6.04. The number of rotatable bonds is 6. The Morgan fingerprint density at radius 3 is 2.17 bits per heavy atom. The molecule has 6 N–H and O–H groups in total. The van der Waals surface area contributed by atoms with E-state index in [1.54, 1.807) is 19.1 Å². The van der Waals surface area contributed by atoms with Crippen molar-refractivity contribution in [3.63, 3.8) is 0 Å². The van der Waals surface area contributed by atoms with E-state index in [1.807, 2.05) is 31.1 Å². The predicted molar refractivity (Wildman–Crippen MR) is 164 cm³/mol. The number of ether oxygens (including phenoxy) is 9. The molecule has 10 atom stereocenters. The standard InChI is InChI=1S/C31H37NO12.ClH.2H2O/c1-13-38-11-22-29(42-13)27(34)25(32(2)3)31(43-22)44-28-16-9-19-18(40-12-41-19)8-15(16)23(24-17(28)10-39-30(24)35)14-6-20(36-4)26(33)21(7-14)37-5;;;/h6-9,13,17,22-25,27-29,31,33-34H,10-12H2,1-5H3;1H;2*1H2/t13-,17+,22-,23-,24+,25-,27-,28-,29-,31+;;;/m1.../s1. The highest BCUT2D eigenvalue weighted by Crippen LogP contribution is 2.57. The highest BCUT2D eigenvalue weighted by atomic mass is 35.5. The maximum absolute atomic E-state index is 13.5. The zero-order valence-electron chi connectivity index (χ0n) is 26.5. The van der Waals surface area contributed by atoms with E-state index in [4.69, 9.17) is 42.6 Å². The van der Waals surface area contributed by atoms with Crippen LogP contribution in [0, 0.1) is 11.8 Å². The molecule has 0 unspecified atom stereocenters. The molecule has 4 heterocycles. The van der Waals surface area contributed by atoms with Crippen LogP contribution in [0.25, 0.3) is 0 Å². The topological polar surface area (TPSA) is 207 Å². The molecule has 3 fully saturated rings. The molecule has 3 saturated heterocycles. The first-order valence-corrected chi connectivity index (χ1v) is 14.7. The van der Waals surface area contributed by atoms with Gasteiger partial charge in [0.1, 0.15) is 18.3 Å². The van der Waals surface area contributed by atoms with Gasteiger partial charge in [-0.2, -0.15) is 0 Å². The molecule has 0 aromatic heterocycles. The number of aliphatic hydroxyl groups excluding tert-OH is 1. The second kappa shape index (κ2) is 14.2. The van der Waals surface area contributed by atoms with Crippen LogP contribution < -0.4 is 18.9 Å². The third-order valence-corrected chi connectivity index (χ3v) is 9.34. The zero-order valence-corrected chi connectivity index (χ0v) is 27.4. The Morgan fingerprint density at radius 1 is 0.915 bits per heavy atom. The van der Waals surface area contributed by atoms with Crippen molar-refractivity contribution in [2.45, 2.75) is 55.9 Å². The van der Waals surface area contributed by atoms with Gasteiger partial charge in [0.25, 0.3) is 0 Å². The molecule has 262 valence electrons. The summed E-state index contributed by atoms with van der Waals surface area (Å²) in [5.41, 5.74) is 2.23. The van der Waals surface area contributed by atoms with Crippen molar-refractivity contribution in [1.82, 2.24) is 4.90 Å². The second-order valence-corrected chi connectivity index (χ2v) is 12.0. The summed E-state index contributed by atoms with van der Waals surface area (Å²) in [7, 11) is 6.59.